The number of likely N-dealkylation sites (N-methyl/N-ethyl adjacent to an activating group) is 1. The summed E-state index contributed by atoms with van der Waals surface area (Å²) in [7, 11) is 1.37. The number of piperidine rings is 1. The Morgan fingerprint density at radius 2 is 1.54 bits per heavy atom. The summed E-state index contributed by atoms with van der Waals surface area (Å²) in [5.41, 5.74) is 6.31. The van der Waals surface area contributed by atoms with Gasteiger partial charge in [-0.2, -0.15) is 0 Å². The van der Waals surface area contributed by atoms with E-state index in [-0.39, 0.29) is 68.6 Å². The Balaban J connectivity index is 1.83. The number of aliphatic hydroxyl groups excluding tert-OH is 1. The number of ether oxygens (including phenoxy) is 1. The number of amides is 6. The number of ketones is 2. The highest BCUT2D eigenvalue weighted by Crippen LogP contribution is 2.30. The maximum Gasteiger partial charge on any atom is 0.329 e. The van der Waals surface area contributed by atoms with Gasteiger partial charge in [-0.05, 0) is 68.7 Å². The lowest BCUT2D eigenvalue weighted by atomic mass is 9.88. The predicted octanol–water partition coefficient (Wildman–Crippen LogP) is 2.90. The molecular weight excluding hydrogens is 877 g/mol. The zero-order chi connectivity index (χ0) is 50.2. The van der Waals surface area contributed by atoms with E-state index in [9.17, 15) is 53.4 Å². The number of hydrogen-bond acceptors (Lipinski definition) is 12. The Bertz CT molecular complexity index is 2160. The van der Waals surface area contributed by atoms with Crippen molar-refractivity contribution in [3.05, 3.63) is 77.5 Å². The molecule has 2 aliphatic rings. The van der Waals surface area contributed by atoms with Crippen LogP contribution in [0.4, 0.5) is 0 Å². The topological polar surface area (TPSA) is 272 Å². The minimum absolute atomic E-state index is 0.0138. The smallest absolute Gasteiger partial charge is 0.329 e. The molecule has 18 heteroatoms. The monoisotopic (exact) mass is 944 g/mol. The van der Waals surface area contributed by atoms with Crippen molar-refractivity contribution in [3.63, 3.8) is 0 Å². The third-order valence-electron chi connectivity index (χ3n) is 12.6. The Kier molecular flexibility index (Phi) is 20.4. The zero-order valence-electron chi connectivity index (χ0n) is 39.9. The van der Waals surface area contributed by atoms with Gasteiger partial charge in [-0.1, -0.05) is 82.2 Å². The van der Waals surface area contributed by atoms with Crippen molar-refractivity contribution in [1.82, 2.24) is 25.8 Å². The van der Waals surface area contributed by atoms with Crippen LogP contribution in [0.3, 0.4) is 0 Å². The van der Waals surface area contributed by atoms with Gasteiger partial charge >= 0.3 is 5.97 Å². The van der Waals surface area contributed by atoms with Crippen molar-refractivity contribution in [2.45, 2.75) is 148 Å². The number of hydrogen-bond donors (Lipinski definition) is 6. The number of phenols is 1. The molecule has 2 fully saturated rings. The van der Waals surface area contributed by atoms with Crippen molar-refractivity contribution in [2.75, 3.05) is 7.05 Å². The number of phenolic OH excluding ortho intramolecular Hbond substituents is 1. The molecule has 2 saturated heterocycles. The van der Waals surface area contributed by atoms with Crippen LogP contribution in [0.1, 0.15) is 110 Å². The number of rotatable bonds is 16. The van der Waals surface area contributed by atoms with Crippen LogP contribution in [0.2, 0.25) is 0 Å². The number of esters is 1. The number of allylic oxidation sites excluding steroid dienone is 2. The molecule has 0 aromatic heterocycles. The summed E-state index contributed by atoms with van der Waals surface area (Å²) in [6, 6.07) is 8.86. The van der Waals surface area contributed by atoms with Gasteiger partial charge in [0.15, 0.2) is 5.78 Å². The second-order valence-electron chi connectivity index (χ2n) is 18.1. The number of nitrogens with two attached hydrogens (primary N) is 1. The summed E-state index contributed by atoms with van der Waals surface area (Å²) in [6.07, 6.45) is -0.478. The Morgan fingerprint density at radius 1 is 0.897 bits per heavy atom. The standard InChI is InChI=1S/C50H68N6O12/c1-7-9-11-16-36(58)27-33(19-23-41(51)60)45(62)54-44-30(5)68-50(67)43(29(3)4)53-46(63)38(25-32-17-21-35(57)22-18-32)55(6)49(66)39(26-31-14-12-10-13-15-31)56-42(61)24-20-34(48(56)65)28-40(59)37(8-2)52-47(44)64/h8,10,12-15,17-18,21-22,29-30,33-34,38-39,42-44,57,61H,7,9,11,16,19-20,23-28H2,1-6H3,(H2,51,60)(H,52,64)(H,53,63)(H,54,62)/b37-8-. The Morgan fingerprint density at radius 3 is 2.16 bits per heavy atom. The van der Waals surface area contributed by atoms with E-state index in [1.807, 2.05) is 6.92 Å². The Labute approximate surface area is 397 Å². The number of nitrogens with zero attached hydrogens (tertiary/aromatic N) is 2. The summed E-state index contributed by atoms with van der Waals surface area (Å²) < 4.78 is 5.86. The molecule has 8 atom stereocenters. The fourth-order valence-electron chi connectivity index (χ4n) is 8.49. The summed E-state index contributed by atoms with van der Waals surface area (Å²) in [6.45, 7) is 8.02. The fourth-order valence-corrected chi connectivity index (χ4v) is 8.49. The van der Waals surface area contributed by atoms with Crippen LogP contribution in [-0.4, -0.2) is 117 Å². The van der Waals surface area contributed by atoms with Crippen molar-refractivity contribution in [3.8, 4) is 5.75 Å². The SMILES string of the molecule is C/C=C1\NC(=O)C(NC(=O)C(CCC(N)=O)CC(=O)CCCCC)C(C)OC(=O)C(C(C)C)NC(=O)C(Cc2ccc(O)cc2)N(C)C(=O)C(Cc2ccccc2)N2C(=O)C(CCC2O)CC1=O. The average Bonchev–Trinajstić information content (AvgIpc) is 3.29. The lowest BCUT2D eigenvalue weighted by Crippen LogP contribution is -2.62. The van der Waals surface area contributed by atoms with E-state index in [1.165, 1.54) is 39.1 Å². The number of fused-ring (bicyclic) bond motifs is 2. The summed E-state index contributed by atoms with van der Waals surface area (Å²) in [5.74, 6) is -9.58. The second-order valence-corrected chi connectivity index (χ2v) is 18.1. The number of primary amides is 1. The predicted molar refractivity (Wildman–Crippen MR) is 249 cm³/mol. The largest absolute Gasteiger partial charge is 0.508 e. The van der Waals surface area contributed by atoms with Gasteiger partial charge in [-0.15, -0.1) is 0 Å². The van der Waals surface area contributed by atoms with Crippen molar-refractivity contribution in [1.29, 1.82) is 0 Å². The molecule has 370 valence electrons. The molecule has 0 radical (unpaired) electrons. The van der Waals surface area contributed by atoms with Gasteiger partial charge in [0.1, 0.15) is 48.0 Å². The van der Waals surface area contributed by atoms with Crippen LogP contribution < -0.4 is 21.7 Å². The van der Waals surface area contributed by atoms with E-state index in [0.29, 0.717) is 17.5 Å². The lowest BCUT2D eigenvalue weighted by Gasteiger charge is -2.42. The molecule has 6 amide bonds. The summed E-state index contributed by atoms with van der Waals surface area (Å²) in [4.78, 5) is 128. The van der Waals surface area contributed by atoms with Gasteiger partial charge in [0, 0.05) is 57.4 Å². The van der Waals surface area contributed by atoms with E-state index in [2.05, 4.69) is 16.0 Å². The Hall–Kier alpha value is -6.43. The van der Waals surface area contributed by atoms with Gasteiger partial charge in [-0.25, -0.2) is 4.79 Å². The van der Waals surface area contributed by atoms with Gasteiger partial charge in [-0.3, -0.25) is 38.4 Å². The molecule has 0 saturated carbocycles. The van der Waals surface area contributed by atoms with Crippen LogP contribution in [0.25, 0.3) is 0 Å². The minimum atomic E-state index is -1.71. The van der Waals surface area contributed by atoms with Gasteiger partial charge in [0.2, 0.25) is 29.5 Å². The van der Waals surface area contributed by atoms with E-state index in [4.69, 9.17) is 10.5 Å². The number of unbranched alkanes of at least 4 members (excludes halogenated alkanes) is 2. The number of benzene rings is 2. The van der Waals surface area contributed by atoms with Gasteiger partial charge in [0.05, 0.1) is 5.70 Å². The fraction of sp³-hybridized carbons (Fsp3) is 0.540. The molecule has 2 aromatic rings. The molecule has 8 unspecified atom stereocenters. The second kappa shape index (κ2) is 25.6. The minimum Gasteiger partial charge on any atom is -0.508 e. The quantitative estimate of drug-likeness (QED) is 0.0806. The van der Waals surface area contributed by atoms with E-state index in [1.54, 1.807) is 56.3 Å². The molecule has 2 aliphatic heterocycles. The summed E-state index contributed by atoms with van der Waals surface area (Å²) >= 11 is 0. The molecule has 0 aliphatic carbocycles. The highest BCUT2D eigenvalue weighted by atomic mass is 16.5. The molecule has 18 nitrogen and oxygen atoms in total. The third-order valence-corrected chi connectivity index (χ3v) is 12.6. The zero-order valence-corrected chi connectivity index (χ0v) is 39.9. The molecule has 0 spiro atoms. The molecule has 4 rings (SSSR count). The number of Topliss-reactive ketones (excluding diaryl/α,β-unsaturated/α-hetero) is 2. The molecule has 2 bridgehead atoms. The van der Waals surface area contributed by atoms with E-state index >= 15 is 0 Å². The average molecular weight is 945 g/mol. The molecule has 7 N–H and O–H groups in total. The number of carbonyl (C=O) groups is 9. The molecule has 2 heterocycles. The highest BCUT2D eigenvalue weighted by Gasteiger charge is 2.45. The van der Waals surface area contributed by atoms with Crippen LogP contribution >= 0.6 is 0 Å². The third kappa shape index (κ3) is 15.0. The van der Waals surface area contributed by atoms with Gasteiger partial charge < -0.3 is 46.4 Å². The maximum absolute atomic E-state index is 15.0. The van der Waals surface area contributed by atoms with E-state index in [0.717, 1.165) is 22.6 Å². The lowest BCUT2D eigenvalue weighted by molar-refractivity contribution is -0.167. The first kappa shape index (κ1) is 54.2. The number of cyclic esters (lactones) is 1. The van der Waals surface area contributed by atoms with Crippen LogP contribution in [0.15, 0.2) is 66.4 Å². The number of carbonyl (C=O) groups excluding carboxylic acids is 9. The molecule has 68 heavy (non-hydrogen) atoms. The first-order valence-corrected chi connectivity index (χ1v) is 23.5. The van der Waals surface area contributed by atoms with Crippen LogP contribution in [-0.2, 0) is 60.7 Å². The summed E-state index contributed by atoms with van der Waals surface area (Å²) in [5, 5.41) is 29.4. The number of aliphatic hydroxyl groups is 1. The van der Waals surface area contributed by atoms with Crippen LogP contribution in [0.5, 0.6) is 5.75 Å². The number of nitrogens with one attached hydrogen (secondary N) is 3. The van der Waals surface area contributed by atoms with Crippen LogP contribution in [0, 0.1) is 17.8 Å². The first-order valence-electron chi connectivity index (χ1n) is 23.5. The first-order chi connectivity index (χ1) is 32.2. The molecule has 2 aromatic carbocycles. The molecular formula is C50H68N6O12. The van der Waals surface area contributed by atoms with E-state index < -0.39 is 108 Å². The normalized spacial score (nSPS) is 24.6. The maximum atomic E-state index is 15.0. The number of aromatic hydroxyl groups is 1. The van der Waals surface area contributed by atoms with Crippen molar-refractivity contribution >= 4 is 53.0 Å². The van der Waals surface area contributed by atoms with Crippen molar-refractivity contribution in [2.24, 2.45) is 23.5 Å². The van der Waals surface area contributed by atoms with Crippen molar-refractivity contribution < 1.29 is 58.1 Å². The van der Waals surface area contributed by atoms with Gasteiger partial charge in [0.25, 0.3) is 5.91 Å². The highest BCUT2D eigenvalue weighted by molar-refractivity contribution is 6.03.